The Morgan fingerprint density at radius 2 is 1.81 bits per heavy atom. The number of anilines is 2. The number of carbonyl (C=O) groups excluding carboxylic acids is 1. The van der Waals surface area contributed by atoms with E-state index in [1.54, 1.807) is 12.1 Å². The number of nitrogens with zero attached hydrogens (tertiary/aromatic N) is 3. The summed E-state index contributed by atoms with van der Waals surface area (Å²) in [6, 6.07) is 16.2. The monoisotopic (exact) mass is 484 g/mol. The van der Waals surface area contributed by atoms with Gasteiger partial charge in [-0.3, -0.25) is 14.9 Å². The summed E-state index contributed by atoms with van der Waals surface area (Å²) in [6.45, 7) is 5.63. The summed E-state index contributed by atoms with van der Waals surface area (Å²) in [5.74, 6) is 0.248. The number of hydrogen-bond donors (Lipinski definition) is 1. The number of hydrogen-bond acceptors (Lipinski definition) is 6. The van der Waals surface area contributed by atoms with Crippen LogP contribution in [0.2, 0.25) is 0 Å². The standard InChI is InChI=1S/C28H28N4O4/c1-18-14-19(2)27-23(15-18)30-26(36-27)16-20-6-9-22(10-7-20)29-28(33)21-8-11-24(25(17-21)32(34)35)31-12-4-3-5-13-31/h6-11,14-15,17H,3-5,12-13,16H2,1-2H3,(H,29,33). The van der Waals surface area contributed by atoms with Crippen LogP contribution in [0.3, 0.4) is 0 Å². The molecule has 5 rings (SSSR count). The van der Waals surface area contributed by atoms with Crippen molar-refractivity contribution in [1.29, 1.82) is 0 Å². The SMILES string of the molecule is Cc1cc(C)c2oc(Cc3ccc(NC(=O)c4ccc(N5CCCCC5)c([N+](=O)[O-])c4)cc3)nc2c1. The number of benzene rings is 3. The molecule has 1 aromatic heterocycles. The topological polar surface area (TPSA) is 102 Å². The molecule has 8 heteroatoms. The number of fused-ring (bicyclic) bond motifs is 1. The Labute approximate surface area is 209 Å². The summed E-state index contributed by atoms with van der Waals surface area (Å²) < 4.78 is 5.95. The lowest BCUT2D eigenvalue weighted by molar-refractivity contribution is -0.384. The van der Waals surface area contributed by atoms with Gasteiger partial charge < -0.3 is 14.6 Å². The van der Waals surface area contributed by atoms with Gasteiger partial charge in [0.2, 0.25) is 0 Å². The number of piperidine rings is 1. The predicted molar refractivity (Wildman–Crippen MR) is 140 cm³/mol. The van der Waals surface area contributed by atoms with Gasteiger partial charge in [0.25, 0.3) is 11.6 Å². The minimum absolute atomic E-state index is 0.0383. The van der Waals surface area contributed by atoms with Crippen molar-refractivity contribution >= 4 is 34.1 Å². The molecule has 0 atom stereocenters. The number of nitro benzene ring substituents is 1. The Kier molecular flexibility index (Phi) is 6.41. The third kappa shape index (κ3) is 4.93. The molecule has 1 fully saturated rings. The van der Waals surface area contributed by atoms with Crippen LogP contribution in [0.15, 0.2) is 59.0 Å². The normalized spacial score (nSPS) is 13.7. The minimum atomic E-state index is -0.412. The number of aromatic nitrogens is 1. The van der Waals surface area contributed by atoms with Crippen LogP contribution in [-0.4, -0.2) is 28.9 Å². The lowest BCUT2D eigenvalue weighted by Crippen LogP contribution is -2.30. The molecule has 0 saturated carbocycles. The zero-order valence-electron chi connectivity index (χ0n) is 20.4. The number of amides is 1. The van der Waals surface area contributed by atoms with Crippen molar-refractivity contribution < 1.29 is 14.1 Å². The third-order valence-electron chi connectivity index (χ3n) is 6.56. The maximum atomic E-state index is 12.8. The van der Waals surface area contributed by atoms with Crippen molar-refractivity contribution in [2.45, 2.75) is 39.5 Å². The van der Waals surface area contributed by atoms with Crippen LogP contribution in [0.25, 0.3) is 11.1 Å². The first kappa shape index (κ1) is 23.5. The lowest BCUT2D eigenvalue weighted by atomic mass is 10.1. The second-order valence-corrected chi connectivity index (χ2v) is 9.37. The molecule has 0 unspecified atom stereocenters. The largest absolute Gasteiger partial charge is 0.440 e. The number of nitrogens with one attached hydrogen (secondary N) is 1. The molecule has 3 aromatic carbocycles. The van der Waals surface area contributed by atoms with Crippen molar-refractivity contribution in [3.8, 4) is 0 Å². The Morgan fingerprint density at radius 1 is 1.06 bits per heavy atom. The first-order valence-electron chi connectivity index (χ1n) is 12.2. The quantitative estimate of drug-likeness (QED) is 0.259. The van der Waals surface area contributed by atoms with E-state index in [-0.39, 0.29) is 17.2 Å². The van der Waals surface area contributed by atoms with Gasteiger partial charge in [-0.05, 0) is 80.1 Å². The van der Waals surface area contributed by atoms with Gasteiger partial charge in [-0.1, -0.05) is 18.2 Å². The molecule has 0 spiro atoms. The van der Waals surface area contributed by atoms with Gasteiger partial charge in [-0.25, -0.2) is 4.98 Å². The van der Waals surface area contributed by atoms with Gasteiger partial charge in [0.05, 0.1) is 4.92 Å². The van der Waals surface area contributed by atoms with E-state index in [1.165, 1.54) is 6.07 Å². The Hall–Kier alpha value is -4.20. The number of aryl methyl sites for hydroxylation is 2. The van der Waals surface area contributed by atoms with Crippen LogP contribution in [0, 0.1) is 24.0 Å². The van der Waals surface area contributed by atoms with Crippen molar-refractivity contribution in [3.05, 3.63) is 92.9 Å². The molecule has 184 valence electrons. The van der Waals surface area contributed by atoms with Crippen LogP contribution < -0.4 is 10.2 Å². The van der Waals surface area contributed by atoms with Crippen LogP contribution in [0.1, 0.15) is 52.2 Å². The molecule has 4 aromatic rings. The number of rotatable bonds is 6. The average Bonchev–Trinajstić information content (AvgIpc) is 3.28. The van der Waals surface area contributed by atoms with E-state index in [4.69, 9.17) is 4.42 Å². The molecule has 0 aliphatic carbocycles. The van der Waals surface area contributed by atoms with Crippen molar-refractivity contribution in [1.82, 2.24) is 4.98 Å². The van der Waals surface area contributed by atoms with E-state index in [2.05, 4.69) is 16.4 Å². The highest BCUT2D eigenvalue weighted by Gasteiger charge is 2.23. The second-order valence-electron chi connectivity index (χ2n) is 9.37. The van der Waals surface area contributed by atoms with Crippen molar-refractivity contribution in [2.75, 3.05) is 23.3 Å². The molecule has 36 heavy (non-hydrogen) atoms. The molecule has 1 amide bonds. The van der Waals surface area contributed by atoms with E-state index in [9.17, 15) is 14.9 Å². The molecule has 0 bridgehead atoms. The van der Waals surface area contributed by atoms with Gasteiger partial charge in [-0.15, -0.1) is 0 Å². The zero-order valence-corrected chi connectivity index (χ0v) is 20.4. The summed E-state index contributed by atoms with van der Waals surface area (Å²) in [6.07, 6.45) is 3.70. The summed E-state index contributed by atoms with van der Waals surface area (Å²) in [7, 11) is 0. The van der Waals surface area contributed by atoms with E-state index < -0.39 is 4.92 Å². The second kappa shape index (κ2) is 9.81. The van der Waals surface area contributed by atoms with Crippen molar-refractivity contribution in [3.63, 3.8) is 0 Å². The Bertz CT molecular complexity index is 1440. The highest BCUT2D eigenvalue weighted by molar-refractivity contribution is 6.05. The summed E-state index contributed by atoms with van der Waals surface area (Å²) in [5, 5.41) is 14.5. The molecule has 8 nitrogen and oxygen atoms in total. The number of oxazole rings is 1. The van der Waals surface area contributed by atoms with Gasteiger partial charge in [0.1, 0.15) is 11.2 Å². The van der Waals surface area contributed by atoms with Crippen LogP contribution >= 0.6 is 0 Å². The maximum absolute atomic E-state index is 12.8. The maximum Gasteiger partial charge on any atom is 0.293 e. The summed E-state index contributed by atoms with van der Waals surface area (Å²) in [4.78, 5) is 30.8. The smallest absolute Gasteiger partial charge is 0.293 e. The molecule has 1 aliphatic heterocycles. The van der Waals surface area contributed by atoms with Crippen LogP contribution in [0.4, 0.5) is 17.1 Å². The highest BCUT2D eigenvalue weighted by Crippen LogP contribution is 2.31. The lowest BCUT2D eigenvalue weighted by Gasteiger charge is -2.28. The molecular formula is C28H28N4O4. The minimum Gasteiger partial charge on any atom is -0.440 e. The first-order valence-corrected chi connectivity index (χ1v) is 12.2. The predicted octanol–water partition coefficient (Wildman–Crippen LogP) is 6.19. The molecule has 0 radical (unpaired) electrons. The fourth-order valence-corrected chi connectivity index (χ4v) is 4.80. The first-order chi connectivity index (χ1) is 17.4. The molecule has 1 N–H and O–H groups in total. The Balaban J connectivity index is 1.28. The van der Waals surface area contributed by atoms with E-state index in [0.29, 0.717) is 23.7 Å². The Morgan fingerprint density at radius 3 is 2.53 bits per heavy atom. The number of nitro groups is 1. The summed E-state index contributed by atoms with van der Waals surface area (Å²) in [5.41, 5.74) is 6.26. The van der Waals surface area contributed by atoms with Gasteiger partial charge in [-0.2, -0.15) is 0 Å². The van der Waals surface area contributed by atoms with E-state index in [0.717, 1.165) is 60.1 Å². The summed E-state index contributed by atoms with van der Waals surface area (Å²) >= 11 is 0. The zero-order chi connectivity index (χ0) is 25.2. The molecule has 1 saturated heterocycles. The average molecular weight is 485 g/mol. The van der Waals surface area contributed by atoms with E-state index in [1.807, 2.05) is 49.1 Å². The van der Waals surface area contributed by atoms with E-state index >= 15 is 0 Å². The fraction of sp³-hybridized carbons (Fsp3) is 0.286. The van der Waals surface area contributed by atoms with Gasteiger partial charge in [0, 0.05) is 36.8 Å². The third-order valence-corrected chi connectivity index (χ3v) is 6.56. The molecule has 1 aliphatic rings. The van der Waals surface area contributed by atoms with Crippen molar-refractivity contribution in [2.24, 2.45) is 0 Å². The number of carbonyl (C=O) groups is 1. The molecular weight excluding hydrogens is 456 g/mol. The van der Waals surface area contributed by atoms with Gasteiger partial charge in [0.15, 0.2) is 11.5 Å². The highest BCUT2D eigenvalue weighted by atomic mass is 16.6. The van der Waals surface area contributed by atoms with Crippen LogP contribution in [0.5, 0.6) is 0 Å². The molecule has 2 heterocycles. The van der Waals surface area contributed by atoms with Gasteiger partial charge >= 0.3 is 0 Å². The van der Waals surface area contributed by atoms with Crippen LogP contribution in [-0.2, 0) is 6.42 Å². The fourth-order valence-electron chi connectivity index (χ4n) is 4.80.